The van der Waals surface area contributed by atoms with Crippen LogP contribution >= 0.6 is 0 Å². The summed E-state index contributed by atoms with van der Waals surface area (Å²) in [6.45, 7) is -0.812. The molecule has 1 heterocycles. The molecule has 1 aliphatic rings. The summed E-state index contributed by atoms with van der Waals surface area (Å²) in [5.41, 5.74) is 0. The quantitative estimate of drug-likeness (QED) is 0.471. The van der Waals surface area contributed by atoms with Crippen LogP contribution in [0.4, 0.5) is 13.2 Å². The molecule has 0 amide bonds. The van der Waals surface area contributed by atoms with Gasteiger partial charge in [-0.05, 0) is 0 Å². The lowest BCUT2D eigenvalue weighted by Gasteiger charge is -2.21. The lowest BCUT2D eigenvalue weighted by molar-refractivity contribution is -0.616. The lowest BCUT2D eigenvalue weighted by Crippen LogP contribution is -2.40. The fourth-order valence-corrected chi connectivity index (χ4v) is 0.306. The van der Waals surface area contributed by atoms with E-state index >= 15 is 0 Å². The lowest BCUT2D eigenvalue weighted by atomic mass is 10.4. The second kappa shape index (κ2) is 2.13. The zero-order valence-corrected chi connectivity index (χ0v) is 4.14. The molecule has 0 spiro atoms. The number of rotatable bonds is 0. The van der Waals surface area contributed by atoms with Crippen LogP contribution in [0.5, 0.6) is 0 Å². The van der Waals surface area contributed by atoms with Crippen LogP contribution in [-0.4, -0.2) is 18.9 Å². The Balaban J connectivity index is 2.49. The van der Waals surface area contributed by atoms with E-state index in [1.165, 1.54) is 0 Å². The Bertz CT molecular complexity index is 106. The van der Waals surface area contributed by atoms with Gasteiger partial charge in [-0.15, -0.1) is 4.89 Å². The highest BCUT2D eigenvalue weighted by molar-refractivity contribution is 4.65. The molecule has 0 bridgehead atoms. The molecule has 0 aromatic heterocycles. The first-order valence-corrected chi connectivity index (χ1v) is 2.12. The molecular weight excluding hydrogens is 141 g/mol. The van der Waals surface area contributed by atoms with Gasteiger partial charge in [-0.3, -0.25) is 0 Å². The van der Waals surface area contributed by atoms with Crippen molar-refractivity contribution >= 4 is 0 Å². The third-order valence-corrected chi connectivity index (χ3v) is 0.772. The Labute approximate surface area is 48.2 Å². The van der Waals surface area contributed by atoms with Crippen molar-refractivity contribution in [3.63, 3.8) is 0 Å². The molecule has 1 saturated heterocycles. The van der Waals surface area contributed by atoms with E-state index < -0.39 is 18.9 Å². The largest absolute Gasteiger partial charge is 0.416 e. The molecular formula is C3H3F3O3. The van der Waals surface area contributed by atoms with E-state index in [0.29, 0.717) is 0 Å². The number of halogens is 3. The van der Waals surface area contributed by atoms with Gasteiger partial charge in [0, 0.05) is 0 Å². The van der Waals surface area contributed by atoms with Crippen molar-refractivity contribution in [2.75, 3.05) is 6.61 Å². The first kappa shape index (κ1) is 6.79. The van der Waals surface area contributed by atoms with E-state index in [9.17, 15) is 13.2 Å². The van der Waals surface area contributed by atoms with E-state index in [4.69, 9.17) is 0 Å². The average molecular weight is 144 g/mol. The molecule has 0 N–H and O–H groups in total. The van der Waals surface area contributed by atoms with Gasteiger partial charge in [0.2, 0.25) is 6.17 Å². The second-order valence-electron chi connectivity index (χ2n) is 1.47. The van der Waals surface area contributed by atoms with E-state index in [1.807, 2.05) is 0 Å². The summed E-state index contributed by atoms with van der Waals surface area (Å²) in [5.74, 6) is 0. The third kappa shape index (κ3) is 1.32. The Morgan fingerprint density at radius 3 is 2.44 bits per heavy atom. The maximum absolute atomic E-state index is 11.9. The summed E-state index contributed by atoms with van der Waals surface area (Å²) >= 11 is 0. The second-order valence-corrected chi connectivity index (χ2v) is 1.47. The van der Waals surface area contributed by atoms with Crippen LogP contribution in [0.15, 0.2) is 0 Å². The van der Waals surface area contributed by atoms with Gasteiger partial charge in [0.15, 0.2) is 0 Å². The summed E-state index contributed by atoms with van der Waals surface area (Å²) in [6.07, 6.45) is -6.33. The molecule has 1 fully saturated rings. The fraction of sp³-hybridized carbons (Fsp3) is 1.00. The molecule has 3 nitrogen and oxygen atoms in total. The highest BCUT2D eigenvalue weighted by atomic mass is 19.3. The molecule has 9 heavy (non-hydrogen) atoms. The Hall–Kier alpha value is -0.330. The van der Waals surface area contributed by atoms with Crippen molar-refractivity contribution in [3.8, 4) is 0 Å². The first-order valence-electron chi connectivity index (χ1n) is 2.12. The SMILES string of the molecule is FC1COOOC1(F)F. The van der Waals surface area contributed by atoms with Gasteiger partial charge < -0.3 is 0 Å². The molecule has 0 aromatic rings. The van der Waals surface area contributed by atoms with E-state index in [1.54, 1.807) is 0 Å². The maximum Gasteiger partial charge on any atom is 0.416 e. The van der Waals surface area contributed by atoms with Crippen molar-refractivity contribution in [1.82, 2.24) is 0 Å². The fourth-order valence-electron chi connectivity index (χ4n) is 0.306. The zero-order valence-electron chi connectivity index (χ0n) is 4.14. The van der Waals surface area contributed by atoms with Crippen molar-refractivity contribution in [2.24, 2.45) is 0 Å². The van der Waals surface area contributed by atoms with Crippen LogP contribution in [0.3, 0.4) is 0 Å². The number of alkyl halides is 3. The van der Waals surface area contributed by atoms with E-state index in [2.05, 4.69) is 14.8 Å². The first-order chi connectivity index (χ1) is 4.13. The maximum atomic E-state index is 11.9. The molecule has 1 unspecified atom stereocenters. The van der Waals surface area contributed by atoms with Gasteiger partial charge in [0.25, 0.3) is 0 Å². The summed E-state index contributed by atoms with van der Waals surface area (Å²) in [7, 11) is 0. The molecule has 1 rings (SSSR count). The number of hydrogen-bond acceptors (Lipinski definition) is 3. The van der Waals surface area contributed by atoms with Crippen LogP contribution in [0.1, 0.15) is 0 Å². The van der Waals surface area contributed by atoms with Crippen LogP contribution in [0.25, 0.3) is 0 Å². The van der Waals surface area contributed by atoms with Crippen molar-refractivity contribution in [2.45, 2.75) is 12.3 Å². The molecule has 0 radical (unpaired) electrons. The average Bonchev–Trinajstić information content (AvgIpc) is 1.77. The minimum absolute atomic E-state index is 0.812. The molecule has 1 atom stereocenters. The molecule has 0 aromatic carbocycles. The van der Waals surface area contributed by atoms with Crippen LogP contribution in [0.2, 0.25) is 0 Å². The standard InChI is InChI=1S/C3H3F3O3/c4-2-1-7-9-8-3(2,5)6/h2H,1H2. The van der Waals surface area contributed by atoms with Gasteiger partial charge in [0.1, 0.15) is 6.61 Å². The summed E-state index contributed by atoms with van der Waals surface area (Å²) < 4.78 is 35.5. The number of hydrogen-bond donors (Lipinski definition) is 0. The van der Waals surface area contributed by atoms with Gasteiger partial charge in [-0.1, -0.05) is 5.04 Å². The smallest absolute Gasteiger partial charge is 0.235 e. The van der Waals surface area contributed by atoms with Gasteiger partial charge in [-0.25, -0.2) is 9.28 Å². The van der Waals surface area contributed by atoms with Crippen LogP contribution in [0, 0.1) is 0 Å². The Kier molecular flexibility index (Phi) is 1.60. The molecule has 0 aliphatic carbocycles. The van der Waals surface area contributed by atoms with Gasteiger partial charge >= 0.3 is 6.11 Å². The summed E-state index contributed by atoms with van der Waals surface area (Å²) in [4.78, 5) is 6.89. The summed E-state index contributed by atoms with van der Waals surface area (Å²) in [6, 6.07) is 0. The van der Waals surface area contributed by atoms with E-state index in [-0.39, 0.29) is 0 Å². The molecule has 6 heteroatoms. The Morgan fingerprint density at radius 2 is 2.11 bits per heavy atom. The highest BCUT2D eigenvalue weighted by Gasteiger charge is 2.47. The third-order valence-electron chi connectivity index (χ3n) is 0.772. The minimum Gasteiger partial charge on any atom is -0.235 e. The van der Waals surface area contributed by atoms with E-state index in [0.717, 1.165) is 0 Å². The zero-order chi connectivity index (χ0) is 6.91. The molecule has 1 aliphatic heterocycles. The normalized spacial score (nSPS) is 34.3. The van der Waals surface area contributed by atoms with Gasteiger partial charge in [-0.2, -0.15) is 8.78 Å². The molecule has 54 valence electrons. The van der Waals surface area contributed by atoms with Crippen LogP contribution < -0.4 is 0 Å². The minimum atomic E-state index is -3.88. The van der Waals surface area contributed by atoms with Crippen molar-refractivity contribution in [3.05, 3.63) is 0 Å². The topological polar surface area (TPSA) is 27.7 Å². The van der Waals surface area contributed by atoms with Crippen molar-refractivity contribution in [1.29, 1.82) is 0 Å². The predicted octanol–water partition coefficient (Wildman–Crippen LogP) is 0.811. The molecule has 0 saturated carbocycles. The summed E-state index contributed by atoms with van der Waals surface area (Å²) in [5, 5.41) is 3.37. The highest BCUT2D eigenvalue weighted by Crippen LogP contribution is 2.26. The Morgan fingerprint density at radius 1 is 1.44 bits per heavy atom. The van der Waals surface area contributed by atoms with Crippen molar-refractivity contribution < 1.29 is 28.0 Å². The van der Waals surface area contributed by atoms with Gasteiger partial charge in [0.05, 0.1) is 0 Å². The predicted molar refractivity (Wildman–Crippen MR) is 18.0 cm³/mol. The van der Waals surface area contributed by atoms with Crippen LogP contribution in [-0.2, 0) is 14.8 Å². The monoisotopic (exact) mass is 144 g/mol.